The first-order valence-electron chi connectivity index (χ1n) is 9.67. The van der Waals surface area contributed by atoms with Gasteiger partial charge in [-0.3, -0.25) is 0 Å². The summed E-state index contributed by atoms with van der Waals surface area (Å²) in [6, 6.07) is 16.0. The monoisotopic (exact) mass is 421 g/mol. The van der Waals surface area contributed by atoms with Crippen LogP contribution in [0.5, 0.6) is 5.75 Å². The summed E-state index contributed by atoms with van der Waals surface area (Å²) in [7, 11) is 1.62. The van der Waals surface area contributed by atoms with Crippen LogP contribution in [-0.4, -0.2) is 17.1 Å². The molecule has 29 heavy (non-hydrogen) atoms. The fourth-order valence-corrected chi connectivity index (χ4v) is 5.41. The van der Waals surface area contributed by atoms with Gasteiger partial charge >= 0.3 is 0 Å². The first-order valence-corrected chi connectivity index (χ1v) is 10.9. The van der Waals surface area contributed by atoms with E-state index in [1.54, 1.807) is 7.11 Å². The molecule has 6 heteroatoms. The Morgan fingerprint density at radius 1 is 1.10 bits per heavy atom. The summed E-state index contributed by atoms with van der Waals surface area (Å²) in [6.07, 6.45) is 4.14. The summed E-state index contributed by atoms with van der Waals surface area (Å²) in [5.41, 5.74) is 3.49. The van der Waals surface area contributed by atoms with E-state index in [4.69, 9.17) is 26.3 Å². The molecule has 1 aliphatic carbocycles. The first-order chi connectivity index (χ1) is 14.2. The van der Waals surface area contributed by atoms with Crippen LogP contribution in [0.3, 0.4) is 0 Å². The van der Waals surface area contributed by atoms with E-state index in [0.29, 0.717) is 17.2 Å². The number of fused-ring (bicyclic) bond motifs is 3. The molecule has 146 valence electrons. The number of nitrogens with one attached hydrogen (secondary N) is 1. The highest BCUT2D eigenvalue weighted by Crippen LogP contribution is 2.40. The Bertz CT molecular complexity index is 1190. The molecule has 0 fully saturated rings. The van der Waals surface area contributed by atoms with Crippen molar-refractivity contribution in [3.63, 3.8) is 0 Å². The maximum atomic E-state index is 6.33. The zero-order chi connectivity index (χ0) is 19.8. The van der Waals surface area contributed by atoms with Crippen molar-refractivity contribution < 1.29 is 4.74 Å². The Balaban J connectivity index is 1.59. The first kappa shape index (κ1) is 18.4. The number of anilines is 2. The molecule has 4 nitrogen and oxygen atoms in total. The van der Waals surface area contributed by atoms with Crippen LogP contribution in [0.4, 0.5) is 11.5 Å². The Morgan fingerprint density at radius 3 is 2.76 bits per heavy atom. The zero-order valence-electron chi connectivity index (χ0n) is 16.0. The zero-order valence-corrected chi connectivity index (χ0v) is 17.6. The molecule has 1 N–H and O–H groups in total. The van der Waals surface area contributed by atoms with Gasteiger partial charge in [0.25, 0.3) is 0 Å². The van der Waals surface area contributed by atoms with Crippen LogP contribution in [0.1, 0.15) is 28.2 Å². The van der Waals surface area contributed by atoms with Crippen molar-refractivity contribution in [3.8, 4) is 5.75 Å². The molecule has 0 spiro atoms. The van der Waals surface area contributed by atoms with Crippen LogP contribution in [0, 0.1) is 0 Å². The SMILES string of the molecule is COc1ccc(Nc2nc(Cc3ccccc3)nc3sc4c(c23)CCC4)cc1Cl. The van der Waals surface area contributed by atoms with E-state index in [1.165, 1.54) is 22.4 Å². The summed E-state index contributed by atoms with van der Waals surface area (Å²) in [6.45, 7) is 0. The number of benzene rings is 2. The van der Waals surface area contributed by atoms with E-state index < -0.39 is 0 Å². The number of thiophene rings is 1. The molecule has 5 rings (SSSR count). The standard InChI is InChI=1S/C23H20ClN3OS/c1-28-18-11-10-15(13-17(18)24)25-22-21-16-8-5-9-19(16)29-23(21)27-20(26-22)12-14-6-3-2-4-7-14/h2-4,6-7,10-11,13H,5,8-9,12H2,1H3,(H,25,26,27). The Morgan fingerprint density at radius 2 is 1.97 bits per heavy atom. The number of nitrogens with zero attached hydrogens (tertiary/aromatic N) is 2. The summed E-state index contributed by atoms with van der Waals surface area (Å²) in [5.74, 6) is 2.35. The quantitative estimate of drug-likeness (QED) is 0.418. The molecule has 1 aliphatic rings. The molecule has 2 aromatic carbocycles. The maximum absolute atomic E-state index is 6.33. The predicted molar refractivity (Wildman–Crippen MR) is 120 cm³/mol. The lowest BCUT2D eigenvalue weighted by molar-refractivity contribution is 0.415. The van der Waals surface area contributed by atoms with Gasteiger partial charge in [0, 0.05) is 17.0 Å². The van der Waals surface area contributed by atoms with Gasteiger partial charge in [0.1, 0.15) is 22.2 Å². The minimum atomic E-state index is 0.572. The molecular weight excluding hydrogens is 402 g/mol. The Labute approximate surface area is 178 Å². The minimum absolute atomic E-state index is 0.572. The molecule has 2 heterocycles. The van der Waals surface area contributed by atoms with Crippen LogP contribution in [0.2, 0.25) is 5.02 Å². The van der Waals surface area contributed by atoms with Crippen LogP contribution in [0.25, 0.3) is 10.2 Å². The van der Waals surface area contributed by atoms with E-state index in [0.717, 1.165) is 40.4 Å². The molecule has 2 aromatic heterocycles. The number of ether oxygens (including phenoxy) is 1. The lowest BCUT2D eigenvalue weighted by atomic mass is 10.1. The van der Waals surface area contributed by atoms with Crippen LogP contribution in [-0.2, 0) is 19.3 Å². The van der Waals surface area contributed by atoms with E-state index in [9.17, 15) is 0 Å². The third-order valence-corrected chi connectivity index (χ3v) is 6.71. The number of hydrogen-bond donors (Lipinski definition) is 1. The number of rotatable bonds is 5. The summed E-state index contributed by atoms with van der Waals surface area (Å²) in [5, 5.41) is 5.23. The highest BCUT2D eigenvalue weighted by molar-refractivity contribution is 7.19. The van der Waals surface area contributed by atoms with Gasteiger partial charge in [0.05, 0.1) is 17.5 Å². The van der Waals surface area contributed by atoms with E-state index in [-0.39, 0.29) is 0 Å². The van der Waals surface area contributed by atoms with Gasteiger partial charge in [-0.05, 0) is 48.6 Å². The largest absolute Gasteiger partial charge is 0.495 e. The van der Waals surface area contributed by atoms with Crippen molar-refractivity contribution in [3.05, 3.63) is 75.4 Å². The second-order valence-corrected chi connectivity index (χ2v) is 8.65. The Hall–Kier alpha value is -2.63. The highest BCUT2D eigenvalue weighted by atomic mass is 35.5. The molecule has 0 saturated carbocycles. The van der Waals surface area contributed by atoms with Gasteiger partial charge in [-0.1, -0.05) is 41.9 Å². The normalized spacial score (nSPS) is 12.9. The smallest absolute Gasteiger partial charge is 0.143 e. The van der Waals surface area contributed by atoms with Crippen LogP contribution in [0.15, 0.2) is 48.5 Å². The second kappa shape index (κ2) is 7.65. The van der Waals surface area contributed by atoms with Crippen molar-refractivity contribution in [2.24, 2.45) is 0 Å². The van der Waals surface area contributed by atoms with E-state index in [2.05, 4.69) is 17.4 Å². The minimum Gasteiger partial charge on any atom is -0.495 e. The van der Waals surface area contributed by atoms with Gasteiger partial charge < -0.3 is 10.1 Å². The third kappa shape index (κ3) is 3.56. The van der Waals surface area contributed by atoms with E-state index >= 15 is 0 Å². The Kier molecular flexibility index (Phi) is 4.86. The van der Waals surface area contributed by atoms with Crippen molar-refractivity contribution >= 4 is 44.7 Å². The molecular formula is C23H20ClN3OS. The average molecular weight is 422 g/mol. The summed E-state index contributed by atoms with van der Waals surface area (Å²) >= 11 is 8.14. The molecule has 0 unspecified atom stereocenters. The maximum Gasteiger partial charge on any atom is 0.143 e. The number of aryl methyl sites for hydroxylation is 2. The van der Waals surface area contributed by atoms with Crippen molar-refractivity contribution in [1.82, 2.24) is 9.97 Å². The number of aromatic nitrogens is 2. The topological polar surface area (TPSA) is 47.0 Å². The lowest BCUT2D eigenvalue weighted by Gasteiger charge is -2.12. The molecule has 0 aliphatic heterocycles. The fourth-order valence-electron chi connectivity index (χ4n) is 3.87. The fraction of sp³-hybridized carbons (Fsp3) is 0.217. The van der Waals surface area contributed by atoms with Crippen molar-refractivity contribution in [1.29, 1.82) is 0 Å². The van der Waals surface area contributed by atoms with Crippen molar-refractivity contribution in [2.75, 3.05) is 12.4 Å². The number of hydrogen-bond acceptors (Lipinski definition) is 5. The molecule has 0 amide bonds. The van der Waals surface area contributed by atoms with Crippen LogP contribution >= 0.6 is 22.9 Å². The number of halogens is 1. The summed E-state index contributed by atoms with van der Waals surface area (Å²) < 4.78 is 5.27. The number of methoxy groups -OCH3 is 1. The molecule has 0 atom stereocenters. The molecule has 4 aromatic rings. The van der Waals surface area contributed by atoms with E-state index in [1.807, 2.05) is 47.7 Å². The molecule has 0 radical (unpaired) electrons. The lowest BCUT2D eigenvalue weighted by Crippen LogP contribution is -2.02. The van der Waals surface area contributed by atoms with Gasteiger partial charge in [0.15, 0.2) is 0 Å². The molecule has 0 bridgehead atoms. The van der Waals surface area contributed by atoms with Crippen molar-refractivity contribution in [2.45, 2.75) is 25.7 Å². The summed E-state index contributed by atoms with van der Waals surface area (Å²) in [4.78, 5) is 12.3. The second-order valence-electron chi connectivity index (χ2n) is 7.16. The predicted octanol–water partition coefficient (Wildman–Crippen LogP) is 6.18. The van der Waals surface area contributed by atoms with Gasteiger partial charge in [-0.15, -0.1) is 11.3 Å². The third-order valence-electron chi connectivity index (χ3n) is 5.23. The van der Waals surface area contributed by atoms with Gasteiger partial charge in [-0.2, -0.15) is 0 Å². The molecule has 0 saturated heterocycles. The van der Waals surface area contributed by atoms with Gasteiger partial charge in [0.2, 0.25) is 0 Å². The average Bonchev–Trinajstić information content (AvgIpc) is 3.30. The van der Waals surface area contributed by atoms with Gasteiger partial charge in [-0.25, -0.2) is 9.97 Å². The van der Waals surface area contributed by atoms with Crippen LogP contribution < -0.4 is 10.1 Å². The highest BCUT2D eigenvalue weighted by Gasteiger charge is 2.22.